The van der Waals surface area contributed by atoms with Gasteiger partial charge in [-0.2, -0.15) is 0 Å². The normalized spacial score (nSPS) is 13.7. The predicted molar refractivity (Wildman–Crippen MR) is 100 cm³/mol. The molecule has 5 nitrogen and oxygen atoms in total. The summed E-state index contributed by atoms with van der Waals surface area (Å²) in [5.74, 6) is 0.810. The Bertz CT molecular complexity index is 492. The average Bonchev–Trinajstić information content (AvgIpc) is 2.53. The molecule has 0 aliphatic rings. The van der Waals surface area contributed by atoms with E-state index in [0.717, 1.165) is 19.0 Å². The van der Waals surface area contributed by atoms with Gasteiger partial charge in [0.2, 0.25) is 0 Å². The zero-order valence-corrected chi connectivity index (χ0v) is 16.0. The van der Waals surface area contributed by atoms with Crippen molar-refractivity contribution in [2.45, 2.75) is 47.0 Å². The van der Waals surface area contributed by atoms with Crippen molar-refractivity contribution < 1.29 is 9.47 Å². The number of methoxy groups -OCH3 is 2. The minimum Gasteiger partial charge on any atom is -0.380 e. The van der Waals surface area contributed by atoms with Gasteiger partial charge in [-0.15, -0.1) is 0 Å². The molecule has 5 heteroatoms. The second-order valence-electron chi connectivity index (χ2n) is 6.92. The summed E-state index contributed by atoms with van der Waals surface area (Å²) < 4.78 is 10.7. The minimum atomic E-state index is 0.0796. The Kier molecular flexibility index (Phi) is 8.79. The maximum atomic E-state index is 5.59. The third-order valence-electron chi connectivity index (χ3n) is 3.80. The van der Waals surface area contributed by atoms with Crippen LogP contribution < -0.4 is 10.6 Å². The number of ether oxygens (including phenoxy) is 2. The van der Waals surface area contributed by atoms with Crippen LogP contribution in [0.4, 0.5) is 0 Å². The highest BCUT2D eigenvalue weighted by molar-refractivity contribution is 5.79. The SMILES string of the molecule is CCNC(=NCc1ccc(COC)cc1)NCC(OC)C(C)(C)C. The van der Waals surface area contributed by atoms with Crippen molar-refractivity contribution in [1.82, 2.24) is 10.6 Å². The monoisotopic (exact) mass is 335 g/mol. The number of nitrogens with zero attached hydrogens (tertiary/aromatic N) is 1. The quantitative estimate of drug-likeness (QED) is 0.566. The second kappa shape index (κ2) is 10.3. The molecule has 24 heavy (non-hydrogen) atoms. The number of hydrogen-bond acceptors (Lipinski definition) is 3. The maximum absolute atomic E-state index is 5.59. The minimum absolute atomic E-state index is 0.0796. The van der Waals surface area contributed by atoms with Crippen LogP contribution in [0.1, 0.15) is 38.8 Å². The first kappa shape index (κ1) is 20.5. The van der Waals surface area contributed by atoms with Crippen LogP contribution in [0.2, 0.25) is 0 Å². The van der Waals surface area contributed by atoms with E-state index in [-0.39, 0.29) is 11.5 Å². The summed E-state index contributed by atoms with van der Waals surface area (Å²) >= 11 is 0. The molecular formula is C19H33N3O2. The summed E-state index contributed by atoms with van der Waals surface area (Å²) in [6, 6.07) is 8.34. The van der Waals surface area contributed by atoms with Gasteiger partial charge < -0.3 is 20.1 Å². The van der Waals surface area contributed by atoms with Crippen LogP contribution >= 0.6 is 0 Å². The zero-order valence-electron chi connectivity index (χ0n) is 16.0. The van der Waals surface area contributed by atoms with Gasteiger partial charge in [-0.3, -0.25) is 0 Å². The Morgan fingerprint density at radius 1 is 1.08 bits per heavy atom. The first-order valence-electron chi connectivity index (χ1n) is 8.52. The Labute approximate surface area is 146 Å². The molecule has 0 bridgehead atoms. The van der Waals surface area contributed by atoms with Gasteiger partial charge in [-0.1, -0.05) is 45.0 Å². The van der Waals surface area contributed by atoms with Crippen LogP contribution in [-0.4, -0.2) is 39.4 Å². The van der Waals surface area contributed by atoms with E-state index in [1.165, 1.54) is 11.1 Å². The van der Waals surface area contributed by atoms with Gasteiger partial charge in [0, 0.05) is 27.3 Å². The van der Waals surface area contributed by atoms with Gasteiger partial charge in [-0.25, -0.2) is 4.99 Å². The van der Waals surface area contributed by atoms with Crippen molar-refractivity contribution in [1.29, 1.82) is 0 Å². The van der Waals surface area contributed by atoms with E-state index in [2.05, 4.69) is 67.6 Å². The molecule has 1 rings (SSSR count). The van der Waals surface area contributed by atoms with E-state index >= 15 is 0 Å². The largest absolute Gasteiger partial charge is 0.380 e. The topological polar surface area (TPSA) is 54.9 Å². The molecule has 1 unspecified atom stereocenters. The molecule has 0 saturated carbocycles. The molecule has 0 aromatic heterocycles. The summed E-state index contributed by atoms with van der Waals surface area (Å²) in [6.45, 7) is 11.4. The highest BCUT2D eigenvalue weighted by Crippen LogP contribution is 2.20. The Balaban J connectivity index is 2.64. The molecule has 0 spiro atoms. The highest BCUT2D eigenvalue weighted by Gasteiger charge is 2.24. The van der Waals surface area contributed by atoms with Crippen LogP contribution in [0.15, 0.2) is 29.3 Å². The summed E-state index contributed by atoms with van der Waals surface area (Å²) in [7, 11) is 3.46. The van der Waals surface area contributed by atoms with Gasteiger partial charge in [0.25, 0.3) is 0 Å². The van der Waals surface area contributed by atoms with E-state index in [1.807, 2.05) is 0 Å². The summed E-state index contributed by atoms with van der Waals surface area (Å²) in [5.41, 5.74) is 2.42. The van der Waals surface area contributed by atoms with Crippen LogP contribution in [0.25, 0.3) is 0 Å². The van der Waals surface area contributed by atoms with Crippen LogP contribution in [0, 0.1) is 5.41 Å². The fourth-order valence-electron chi connectivity index (χ4n) is 2.35. The standard InChI is InChI=1S/C19H33N3O2/c1-7-20-18(22-13-17(24-6)19(2,3)4)21-12-15-8-10-16(11-9-15)14-23-5/h8-11,17H,7,12-14H2,1-6H3,(H2,20,21,22). The second-order valence-corrected chi connectivity index (χ2v) is 6.92. The van der Waals surface area contributed by atoms with E-state index in [4.69, 9.17) is 9.47 Å². The van der Waals surface area contributed by atoms with Gasteiger partial charge in [0.15, 0.2) is 5.96 Å². The Morgan fingerprint density at radius 2 is 1.71 bits per heavy atom. The van der Waals surface area contributed by atoms with E-state index in [0.29, 0.717) is 13.2 Å². The van der Waals surface area contributed by atoms with Crippen molar-refractivity contribution in [3.63, 3.8) is 0 Å². The molecule has 0 radical (unpaired) electrons. The van der Waals surface area contributed by atoms with Crippen molar-refractivity contribution in [2.24, 2.45) is 10.4 Å². The average molecular weight is 335 g/mol. The van der Waals surface area contributed by atoms with Gasteiger partial charge >= 0.3 is 0 Å². The van der Waals surface area contributed by atoms with E-state index in [9.17, 15) is 0 Å². The molecule has 0 saturated heterocycles. The molecule has 136 valence electrons. The van der Waals surface area contributed by atoms with Crippen LogP contribution in [0.5, 0.6) is 0 Å². The highest BCUT2D eigenvalue weighted by atomic mass is 16.5. The fraction of sp³-hybridized carbons (Fsp3) is 0.632. The zero-order chi connectivity index (χ0) is 18.0. The number of guanidine groups is 1. The van der Waals surface area contributed by atoms with Crippen molar-refractivity contribution in [3.8, 4) is 0 Å². The molecule has 0 heterocycles. The first-order chi connectivity index (χ1) is 11.4. The lowest BCUT2D eigenvalue weighted by atomic mass is 9.89. The summed E-state index contributed by atoms with van der Waals surface area (Å²) in [4.78, 5) is 4.66. The summed E-state index contributed by atoms with van der Waals surface area (Å²) in [5, 5.41) is 6.65. The number of benzene rings is 1. The Morgan fingerprint density at radius 3 is 2.21 bits per heavy atom. The number of hydrogen-bond donors (Lipinski definition) is 2. The smallest absolute Gasteiger partial charge is 0.191 e. The third-order valence-corrected chi connectivity index (χ3v) is 3.80. The molecular weight excluding hydrogens is 302 g/mol. The molecule has 0 aliphatic heterocycles. The van der Waals surface area contributed by atoms with Gasteiger partial charge in [-0.05, 0) is 23.5 Å². The lowest BCUT2D eigenvalue weighted by Crippen LogP contribution is -2.45. The van der Waals surface area contributed by atoms with Crippen LogP contribution in [0.3, 0.4) is 0 Å². The van der Waals surface area contributed by atoms with Gasteiger partial charge in [0.1, 0.15) is 0 Å². The fourth-order valence-corrected chi connectivity index (χ4v) is 2.35. The van der Waals surface area contributed by atoms with Crippen LogP contribution in [-0.2, 0) is 22.6 Å². The lowest BCUT2D eigenvalue weighted by molar-refractivity contribution is 0.0205. The molecule has 2 N–H and O–H groups in total. The molecule has 0 fully saturated rings. The van der Waals surface area contributed by atoms with Gasteiger partial charge in [0.05, 0.1) is 19.3 Å². The predicted octanol–water partition coefficient (Wildman–Crippen LogP) is 2.95. The van der Waals surface area contributed by atoms with Crippen molar-refractivity contribution >= 4 is 5.96 Å². The molecule has 0 amide bonds. The maximum Gasteiger partial charge on any atom is 0.191 e. The Hall–Kier alpha value is -1.59. The molecule has 1 aromatic rings. The number of aliphatic imine (C=N–C) groups is 1. The first-order valence-corrected chi connectivity index (χ1v) is 8.52. The summed E-state index contributed by atoms with van der Waals surface area (Å²) in [6.07, 6.45) is 0.120. The molecule has 1 aromatic carbocycles. The van der Waals surface area contributed by atoms with E-state index in [1.54, 1.807) is 14.2 Å². The number of rotatable bonds is 8. The lowest BCUT2D eigenvalue weighted by Gasteiger charge is -2.30. The molecule has 0 aliphatic carbocycles. The van der Waals surface area contributed by atoms with Crippen molar-refractivity contribution in [2.75, 3.05) is 27.3 Å². The van der Waals surface area contributed by atoms with E-state index < -0.39 is 0 Å². The number of nitrogens with one attached hydrogen (secondary N) is 2. The molecule has 1 atom stereocenters. The van der Waals surface area contributed by atoms with Crippen molar-refractivity contribution in [3.05, 3.63) is 35.4 Å². The third kappa shape index (κ3) is 7.32.